The lowest BCUT2D eigenvalue weighted by Crippen LogP contribution is -2.62. The molecule has 0 heterocycles. The molecule has 0 amide bonds. The van der Waals surface area contributed by atoms with Crippen LogP contribution in [0.1, 0.15) is 31.0 Å². The molecule has 0 bridgehead atoms. The van der Waals surface area contributed by atoms with Crippen molar-refractivity contribution in [2.24, 2.45) is 0 Å². The highest BCUT2D eigenvalue weighted by atomic mass is 35.5. The summed E-state index contributed by atoms with van der Waals surface area (Å²) in [4.78, 5) is 10.9. The number of nitrogens with one attached hydrogen (secondary N) is 2. The van der Waals surface area contributed by atoms with Crippen molar-refractivity contribution in [1.82, 2.24) is 10.6 Å². The van der Waals surface area contributed by atoms with Gasteiger partial charge in [0.15, 0.2) is 0 Å². The van der Waals surface area contributed by atoms with E-state index >= 15 is 0 Å². The second-order valence-electron chi connectivity index (χ2n) is 5.57. The predicted molar refractivity (Wildman–Crippen MR) is 103 cm³/mol. The molecule has 26 heavy (non-hydrogen) atoms. The van der Waals surface area contributed by atoms with Gasteiger partial charge in [-0.25, -0.2) is 10.6 Å². The van der Waals surface area contributed by atoms with E-state index in [1.807, 2.05) is 68.4 Å². The van der Waals surface area contributed by atoms with Crippen molar-refractivity contribution in [3.63, 3.8) is 0 Å². The molecule has 0 fully saturated rings. The fraction of sp³-hybridized carbons (Fsp3) is 0.350. The largest absolute Gasteiger partial charge is 0.325 e. The van der Waals surface area contributed by atoms with Crippen LogP contribution in [-0.4, -0.2) is 32.1 Å². The lowest BCUT2D eigenvalue weighted by Gasteiger charge is -2.37. The Labute approximate surface area is 159 Å². The summed E-state index contributed by atoms with van der Waals surface area (Å²) in [5.74, 6) is 0. The monoisotopic (exact) mass is 376 g/mol. The van der Waals surface area contributed by atoms with Crippen LogP contribution in [0.15, 0.2) is 54.6 Å². The van der Waals surface area contributed by atoms with Crippen molar-refractivity contribution in [3.05, 3.63) is 70.7 Å². The lowest BCUT2D eigenvalue weighted by atomic mass is 9.98. The van der Waals surface area contributed by atoms with E-state index in [9.17, 15) is 4.79 Å². The van der Waals surface area contributed by atoms with E-state index in [1.54, 1.807) is 0 Å². The zero-order valence-electron chi connectivity index (χ0n) is 15.1. The first-order valence-corrected chi connectivity index (χ1v) is 9.06. The molecule has 140 valence electrons. The van der Waals surface area contributed by atoms with Gasteiger partial charge in [0.25, 0.3) is 6.03 Å². The standard InChI is InChI=1S/C20H25ClN2O3/c1-3-25-20(26-4-2,22-14-15-24)23-19(16-8-6-5-7-9-16)17-10-12-18(21)13-11-17/h5-13,15,19,22-23H,3-4,14H2,1-2H3. The summed E-state index contributed by atoms with van der Waals surface area (Å²) in [6.45, 7) is 4.65. The number of halogens is 1. The van der Waals surface area contributed by atoms with Gasteiger partial charge in [-0.15, -0.1) is 0 Å². The van der Waals surface area contributed by atoms with Crippen LogP contribution < -0.4 is 10.6 Å². The Morgan fingerprint density at radius 3 is 2.12 bits per heavy atom. The fourth-order valence-corrected chi connectivity index (χ4v) is 2.84. The van der Waals surface area contributed by atoms with Gasteiger partial charge in [0.2, 0.25) is 0 Å². The third-order valence-electron chi connectivity index (χ3n) is 3.78. The maximum atomic E-state index is 10.9. The second-order valence-corrected chi connectivity index (χ2v) is 6.01. The molecule has 2 N–H and O–H groups in total. The molecule has 0 saturated carbocycles. The second kappa shape index (κ2) is 10.4. The van der Waals surface area contributed by atoms with Gasteiger partial charge < -0.3 is 14.3 Å². The molecule has 2 rings (SSSR count). The number of benzene rings is 2. The van der Waals surface area contributed by atoms with Gasteiger partial charge in [-0.05, 0) is 37.1 Å². The Morgan fingerprint density at radius 1 is 1.00 bits per heavy atom. The summed E-state index contributed by atoms with van der Waals surface area (Å²) in [5.41, 5.74) is 2.03. The Kier molecular flexibility index (Phi) is 8.22. The Balaban J connectivity index is 2.41. The maximum Gasteiger partial charge on any atom is 0.292 e. The van der Waals surface area contributed by atoms with Crippen LogP contribution in [0.2, 0.25) is 5.02 Å². The molecule has 0 aliphatic rings. The van der Waals surface area contributed by atoms with Crippen LogP contribution in [0.25, 0.3) is 0 Å². The van der Waals surface area contributed by atoms with Crippen LogP contribution in [0.3, 0.4) is 0 Å². The van der Waals surface area contributed by atoms with Crippen molar-refractivity contribution >= 4 is 17.9 Å². The van der Waals surface area contributed by atoms with E-state index < -0.39 is 6.03 Å². The molecule has 1 atom stereocenters. The molecular weight excluding hydrogens is 352 g/mol. The zero-order valence-corrected chi connectivity index (χ0v) is 15.8. The van der Waals surface area contributed by atoms with Crippen molar-refractivity contribution in [2.45, 2.75) is 25.9 Å². The van der Waals surface area contributed by atoms with Gasteiger partial charge in [-0.1, -0.05) is 54.1 Å². The smallest absolute Gasteiger partial charge is 0.292 e. The van der Waals surface area contributed by atoms with Crippen molar-refractivity contribution in [3.8, 4) is 0 Å². The van der Waals surface area contributed by atoms with Gasteiger partial charge in [-0.2, -0.15) is 0 Å². The molecule has 5 nitrogen and oxygen atoms in total. The molecule has 0 aliphatic carbocycles. The minimum Gasteiger partial charge on any atom is -0.325 e. The molecule has 2 aromatic carbocycles. The van der Waals surface area contributed by atoms with Crippen LogP contribution in [0.4, 0.5) is 0 Å². The zero-order chi connectivity index (χ0) is 18.8. The average Bonchev–Trinajstić information content (AvgIpc) is 2.66. The normalized spacial score (nSPS) is 12.7. The number of aldehydes is 1. The first kappa shape index (κ1) is 20.6. The molecule has 0 spiro atoms. The van der Waals surface area contributed by atoms with Crippen LogP contribution in [-0.2, 0) is 14.3 Å². The van der Waals surface area contributed by atoms with E-state index in [4.69, 9.17) is 21.1 Å². The Hall–Kier alpha value is -1.76. The highest BCUT2D eigenvalue weighted by Crippen LogP contribution is 2.26. The summed E-state index contributed by atoms with van der Waals surface area (Å²) in [6, 6.07) is 16.0. The van der Waals surface area contributed by atoms with E-state index in [0.29, 0.717) is 18.2 Å². The summed E-state index contributed by atoms with van der Waals surface area (Å²) in [6.07, 6.45) is 0.772. The van der Waals surface area contributed by atoms with Gasteiger partial charge >= 0.3 is 0 Å². The molecule has 0 aliphatic heterocycles. The molecule has 1 unspecified atom stereocenters. The molecule has 0 radical (unpaired) electrons. The minimum atomic E-state index is -1.29. The minimum absolute atomic E-state index is 0.0924. The van der Waals surface area contributed by atoms with Crippen LogP contribution in [0.5, 0.6) is 0 Å². The van der Waals surface area contributed by atoms with E-state index in [1.165, 1.54) is 0 Å². The fourth-order valence-electron chi connectivity index (χ4n) is 2.71. The number of carbonyl (C=O) groups excluding carboxylic acids is 1. The van der Waals surface area contributed by atoms with Gasteiger partial charge in [0, 0.05) is 18.2 Å². The average molecular weight is 377 g/mol. The first-order chi connectivity index (χ1) is 12.6. The third kappa shape index (κ3) is 5.62. The predicted octanol–water partition coefficient (Wildman–Crippen LogP) is 3.49. The first-order valence-electron chi connectivity index (χ1n) is 8.68. The van der Waals surface area contributed by atoms with Crippen LogP contribution in [0, 0.1) is 0 Å². The highest BCUT2D eigenvalue weighted by molar-refractivity contribution is 6.30. The Bertz CT molecular complexity index is 659. The summed E-state index contributed by atoms with van der Waals surface area (Å²) in [5, 5.41) is 7.08. The number of ether oxygens (including phenoxy) is 2. The van der Waals surface area contributed by atoms with Gasteiger partial charge in [-0.3, -0.25) is 0 Å². The van der Waals surface area contributed by atoms with Crippen molar-refractivity contribution in [2.75, 3.05) is 19.8 Å². The van der Waals surface area contributed by atoms with Gasteiger partial charge in [0.1, 0.15) is 6.29 Å². The quantitative estimate of drug-likeness (QED) is 0.464. The molecule has 0 saturated heterocycles. The van der Waals surface area contributed by atoms with Crippen molar-refractivity contribution in [1.29, 1.82) is 0 Å². The van der Waals surface area contributed by atoms with E-state index in [0.717, 1.165) is 17.4 Å². The number of hydrogen-bond donors (Lipinski definition) is 2. The van der Waals surface area contributed by atoms with Crippen LogP contribution >= 0.6 is 11.6 Å². The maximum absolute atomic E-state index is 10.9. The topological polar surface area (TPSA) is 59.6 Å². The highest BCUT2D eigenvalue weighted by Gasteiger charge is 2.34. The SMILES string of the molecule is CCOC(NCC=O)(NC(c1ccccc1)c1ccc(Cl)cc1)OCC. The number of carbonyl (C=O) groups is 1. The number of rotatable bonds is 11. The Morgan fingerprint density at radius 2 is 1.58 bits per heavy atom. The molecular formula is C20H25ClN2O3. The number of hydrogen-bond acceptors (Lipinski definition) is 5. The molecule has 0 aromatic heterocycles. The van der Waals surface area contributed by atoms with Crippen molar-refractivity contribution < 1.29 is 14.3 Å². The van der Waals surface area contributed by atoms with E-state index in [2.05, 4.69) is 10.6 Å². The summed E-state index contributed by atoms with van der Waals surface area (Å²) >= 11 is 6.04. The molecule has 6 heteroatoms. The summed E-state index contributed by atoms with van der Waals surface area (Å²) in [7, 11) is 0. The van der Waals surface area contributed by atoms with E-state index in [-0.39, 0.29) is 12.6 Å². The third-order valence-corrected chi connectivity index (χ3v) is 4.04. The van der Waals surface area contributed by atoms with Gasteiger partial charge in [0.05, 0.1) is 12.6 Å². The summed E-state index contributed by atoms with van der Waals surface area (Å²) < 4.78 is 11.7. The molecule has 2 aromatic rings. The lowest BCUT2D eigenvalue weighted by molar-refractivity contribution is -0.274.